The highest BCUT2D eigenvalue weighted by molar-refractivity contribution is 5.92. The molecule has 0 aliphatic carbocycles. The van der Waals surface area contributed by atoms with Crippen LogP contribution in [0.2, 0.25) is 0 Å². The SMILES string of the molecule is Cc1c(F)ccc2cc(N)cc(C(C)(C)C)c12. The van der Waals surface area contributed by atoms with Crippen LogP contribution in [0.5, 0.6) is 0 Å². The van der Waals surface area contributed by atoms with Crippen molar-refractivity contribution in [3.05, 3.63) is 41.2 Å². The van der Waals surface area contributed by atoms with Gasteiger partial charge in [-0.15, -0.1) is 0 Å². The van der Waals surface area contributed by atoms with Crippen LogP contribution in [0.1, 0.15) is 31.9 Å². The quantitative estimate of drug-likeness (QED) is 0.677. The molecule has 1 nitrogen and oxygen atoms in total. The van der Waals surface area contributed by atoms with Crippen LogP contribution in [0.25, 0.3) is 10.8 Å². The number of anilines is 1. The summed E-state index contributed by atoms with van der Waals surface area (Å²) in [5.74, 6) is -0.159. The average molecular weight is 231 g/mol. The molecule has 0 saturated heterocycles. The summed E-state index contributed by atoms with van der Waals surface area (Å²) in [6.45, 7) is 8.17. The first-order chi connectivity index (χ1) is 7.80. The summed E-state index contributed by atoms with van der Waals surface area (Å²) in [4.78, 5) is 0. The molecule has 0 bridgehead atoms. The zero-order valence-corrected chi connectivity index (χ0v) is 10.8. The first-order valence-electron chi connectivity index (χ1n) is 5.79. The van der Waals surface area contributed by atoms with Crippen molar-refractivity contribution >= 4 is 16.5 Å². The molecule has 0 heterocycles. The summed E-state index contributed by atoms with van der Waals surface area (Å²) in [6, 6.07) is 7.15. The maximum Gasteiger partial charge on any atom is 0.126 e. The van der Waals surface area contributed by atoms with Crippen LogP contribution in [0.4, 0.5) is 10.1 Å². The minimum absolute atomic E-state index is 0.0494. The monoisotopic (exact) mass is 231 g/mol. The Balaban J connectivity index is 2.95. The molecule has 0 aliphatic rings. The molecular formula is C15H18FN. The Morgan fingerprint density at radius 2 is 1.76 bits per heavy atom. The van der Waals surface area contributed by atoms with Crippen molar-refractivity contribution in [1.29, 1.82) is 0 Å². The minimum Gasteiger partial charge on any atom is -0.399 e. The predicted octanol–water partition coefficient (Wildman–Crippen LogP) is 4.17. The van der Waals surface area contributed by atoms with Gasteiger partial charge in [-0.3, -0.25) is 0 Å². The molecule has 0 atom stereocenters. The van der Waals surface area contributed by atoms with Gasteiger partial charge in [0.25, 0.3) is 0 Å². The van der Waals surface area contributed by atoms with Gasteiger partial charge in [0, 0.05) is 5.69 Å². The van der Waals surface area contributed by atoms with Gasteiger partial charge in [0.15, 0.2) is 0 Å². The Bertz CT molecular complexity index is 579. The zero-order valence-electron chi connectivity index (χ0n) is 10.8. The van der Waals surface area contributed by atoms with Crippen molar-refractivity contribution in [2.75, 3.05) is 5.73 Å². The summed E-state index contributed by atoms with van der Waals surface area (Å²) in [7, 11) is 0. The van der Waals surface area contributed by atoms with E-state index in [1.54, 1.807) is 6.07 Å². The Morgan fingerprint density at radius 1 is 1.12 bits per heavy atom. The van der Waals surface area contributed by atoms with Crippen LogP contribution in [0.3, 0.4) is 0 Å². The molecule has 17 heavy (non-hydrogen) atoms. The Hall–Kier alpha value is -1.57. The molecule has 0 amide bonds. The van der Waals surface area contributed by atoms with E-state index in [0.29, 0.717) is 5.56 Å². The van der Waals surface area contributed by atoms with Crippen LogP contribution in [0.15, 0.2) is 24.3 Å². The number of hydrogen-bond donors (Lipinski definition) is 1. The van der Waals surface area contributed by atoms with Crippen LogP contribution in [0, 0.1) is 12.7 Å². The third-order valence-electron chi connectivity index (χ3n) is 3.14. The maximum absolute atomic E-state index is 13.7. The molecular weight excluding hydrogens is 213 g/mol. The van der Waals surface area contributed by atoms with Crippen molar-refractivity contribution in [3.63, 3.8) is 0 Å². The van der Waals surface area contributed by atoms with E-state index in [2.05, 4.69) is 20.8 Å². The second kappa shape index (κ2) is 3.73. The fraction of sp³-hybridized carbons (Fsp3) is 0.333. The Labute approximate surface area is 101 Å². The predicted molar refractivity (Wildman–Crippen MR) is 71.8 cm³/mol. The molecule has 0 aromatic heterocycles. The summed E-state index contributed by atoms with van der Waals surface area (Å²) in [5.41, 5.74) is 8.40. The smallest absolute Gasteiger partial charge is 0.126 e. The number of halogens is 1. The van der Waals surface area contributed by atoms with E-state index in [0.717, 1.165) is 22.0 Å². The molecule has 0 spiro atoms. The molecule has 0 fully saturated rings. The lowest BCUT2D eigenvalue weighted by Gasteiger charge is -2.23. The second-order valence-electron chi connectivity index (χ2n) is 5.59. The molecule has 0 radical (unpaired) electrons. The van der Waals surface area contributed by atoms with Gasteiger partial charge in [-0.2, -0.15) is 0 Å². The first-order valence-corrected chi connectivity index (χ1v) is 5.79. The molecule has 2 heteroatoms. The van der Waals surface area contributed by atoms with Gasteiger partial charge in [0.1, 0.15) is 5.82 Å². The number of hydrogen-bond acceptors (Lipinski definition) is 1. The highest BCUT2D eigenvalue weighted by Crippen LogP contribution is 2.34. The van der Waals surface area contributed by atoms with Crippen LogP contribution in [-0.2, 0) is 5.41 Å². The van der Waals surface area contributed by atoms with Gasteiger partial charge in [-0.05, 0) is 52.4 Å². The average Bonchev–Trinajstić information content (AvgIpc) is 2.21. The van der Waals surface area contributed by atoms with Gasteiger partial charge in [-0.25, -0.2) is 4.39 Å². The molecule has 2 aromatic carbocycles. The third-order valence-corrected chi connectivity index (χ3v) is 3.14. The normalized spacial score (nSPS) is 12.1. The van der Waals surface area contributed by atoms with Crippen LogP contribution >= 0.6 is 0 Å². The van der Waals surface area contributed by atoms with Gasteiger partial charge in [0.05, 0.1) is 0 Å². The van der Waals surface area contributed by atoms with E-state index in [1.807, 2.05) is 19.1 Å². The third kappa shape index (κ3) is 1.99. The molecule has 90 valence electrons. The van der Waals surface area contributed by atoms with E-state index in [9.17, 15) is 4.39 Å². The molecule has 0 saturated carbocycles. The molecule has 0 aliphatic heterocycles. The van der Waals surface area contributed by atoms with E-state index >= 15 is 0 Å². The standard InChI is InChI=1S/C15H18FN/c1-9-13(16)6-5-10-7-11(17)8-12(14(9)10)15(2,3)4/h5-8H,17H2,1-4H3. The van der Waals surface area contributed by atoms with Crippen molar-refractivity contribution in [2.24, 2.45) is 0 Å². The second-order valence-corrected chi connectivity index (χ2v) is 5.59. The van der Waals surface area contributed by atoms with E-state index < -0.39 is 0 Å². The van der Waals surface area contributed by atoms with E-state index in [-0.39, 0.29) is 11.2 Å². The van der Waals surface area contributed by atoms with Crippen LogP contribution in [-0.4, -0.2) is 0 Å². The maximum atomic E-state index is 13.7. The Morgan fingerprint density at radius 3 is 2.35 bits per heavy atom. The molecule has 2 aromatic rings. The van der Waals surface area contributed by atoms with Crippen molar-refractivity contribution in [3.8, 4) is 0 Å². The lowest BCUT2D eigenvalue weighted by molar-refractivity contribution is 0.593. The number of nitrogens with two attached hydrogens (primary N) is 1. The van der Waals surface area contributed by atoms with Crippen LogP contribution < -0.4 is 5.73 Å². The number of rotatable bonds is 0. The van der Waals surface area contributed by atoms with E-state index in [1.165, 1.54) is 6.07 Å². The lowest BCUT2D eigenvalue weighted by atomic mass is 9.82. The summed E-state index contributed by atoms with van der Waals surface area (Å²) < 4.78 is 13.7. The topological polar surface area (TPSA) is 26.0 Å². The number of nitrogen functional groups attached to an aromatic ring is 1. The van der Waals surface area contributed by atoms with Gasteiger partial charge >= 0.3 is 0 Å². The minimum atomic E-state index is -0.159. The summed E-state index contributed by atoms with van der Waals surface area (Å²) in [5, 5.41) is 2.00. The molecule has 2 N–H and O–H groups in total. The number of benzene rings is 2. The largest absolute Gasteiger partial charge is 0.399 e. The van der Waals surface area contributed by atoms with Crippen molar-refractivity contribution < 1.29 is 4.39 Å². The zero-order chi connectivity index (χ0) is 12.8. The molecule has 0 unspecified atom stereocenters. The highest BCUT2D eigenvalue weighted by Gasteiger charge is 2.19. The summed E-state index contributed by atoms with van der Waals surface area (Å²) >= 11 is 0. The van der Waals surface area contributed by atoms with Gasteiger partial charge in [0.2, 0.25) is 0 Å². The van der Waals surface area contributed by atoms with Gasteiger partial charge in [-0.1, -0.05) is 26.8 Å². The van der Waals surface area contributed by atoms with Crippen molar-refractivity contribution in [2.45, 2.75) is 33.1 Å². The Kier molecular flexibility index (Phi) is 2.61. The van der Waals surface area contributed by atoms with Crippen molar-refractivity contribution in [1.82, 2.24) is 0 Å². The fourth-order valence-electron chi connectivity index (χ4n) is 2.24. The summed E-state index contributed by atoms with van der Waals surface area (Å²) in [6.07, 6.45) is 0. The highest BCUT2D eigenvalue weighted by atomic mass is 19.1. The number of aryl methyl sites for hydroxylation is 1. The lowest BCUT2D eigenvalue weighted by Crippen LogP contribution is -2.13. The first kappa shape index (κ1) is 11.9. The number of fused-ring (bicyclic) bond motifs is 1. The molecule has 2 rings (SSSR count). The van der Waals surface area contributed by atoms with Gasteiger partial charge < -0.3 is 5.73 Å². The fourth-order valence-corrected chi connectivity index (χ4v) is 2.24. The van der Waals surface area contributed by atoms with E-state index in [4.69, 9.17) is 5.73 Å².